The van der Waals surface area contributed by atoms with Crippen LogP contribution in [-0.4, -0.2) is 17.6 Å². The number of rotatable bonds is 2. The highest BCUT2D eigenvalue weighted by molar-refractivity contribution is 5.97. The van der Waals surface area contributed by atoms with Crippen LogP contribution in [0.2, 0.25) is 0 Å². The fraction of sp³-hybridized carbons (Fsp3) is 0.533. The summed E-state index contributed by atoms with van der Waals surface area (Å²) >= 11 is 0. The largest absolute Gasteiger partial charge is 0.506 e. The highest BCUT2D eigenvalue weighted by Gasteiger charge is 2.37. The van der Waals surface area contributed by atoms with Gasteiger partial charge in [0, 0.05) is 12.5 Å². The molecule has 1 heterocycles. The number of para-hydroxylation sites is 1. The van der Waals surface area contributed by atoms with Crippen molar-refractivity contribution in [2.45, 2.75) is 32.6 Å². The van der Waals surface area contributed by atoms with Gasteiger partial charge >= 0.3 is 0 Å². The van der Waals surface area contributed by atoms with E-state index in [1.807, 2.05) is 19.1 Å². The normalized spacial score (nSPS) is 20.4. The second kappa shape index (κ2) is 4.30. The van der Waals surface area contributed by atoms with E-state index in [1.54, 1.807) is 11.0 Å². The summed E-state index contributed by atoms with van der Waals surface area (Å²) in [5, 5.41) is 10.0. The number of phenolic OH excluding ortho intramolecular Hbond substituents is 1. The molecule has 0 bridgehead atoms. The highest BCUT2D eigenvalue weighted by atomic mass is 16.3. The van der Waals surface area contributed by atoms with Gasteiger partial charge in [-0.05, 0) is 43.2 Å². The average molecular weight is 245 g/mol. The molecule has 0 aromatic heterocycles. The number of carbonyl (C=O) groups excluding carboxylic acids is 1. The average Bonchev–Trinajstić information content (AvgIpc) is 3.21. The summed E-state index contributed by atoms with van der Waals surface area (Å²) in [7, 11) is 0. The highest BCUT2D eigenvalue weighted by Crippen LogP contribution is 2.41. The first-order valence-corrected chi connectivity index (χ1v) is 6.80. The molecule has 1 saturated carbocycles. The Bertz CT molecular complexity index is 479. The van der Waals surface area contributed by atoms with E-state index in [0.717, 1.165) is 30.6 Å². The topological polar surface area (TPSA) is 40.5 Å². The van der Waals surface area contributed by atoms with E-state index in [4.69, 9.17) is 0 Å². The zero-order valence-electron chi connectivity index (χ0n) is 10.7. The first-order chi connectivity index (χ1) is 8.68. The molecule has 3 nitrogen and oxygen atoms in total. The minimum Gasteiger partial charge on any atom is -0.506 e. The summed E-state index contributed by atoms with van der Waals surface area (Å²) in [6.07, 6.45) is 4.29. The first-order valence-electron chi connectivity index (χ1n) is 6.80. The summed E-state index contributed by atoms with van der Waals surface area (Å²) in [6, 6.07) is 5.54. The molecule has 1 amide bonds. The summed E-state index contributed by atoms with van der Waals surface area (Å²) in [4.78, 5) is 14.3. The van der Waals surface area contributed by atoms with Crippen LogP contribution in [-0.2, 0) is 11.2 Å². The van der Waals surface area contributed by atoms with Gasteiger partial charge in [-0.2, -0.15) is 0 Å². The molecule has 1 aliphatic heterocycles. The van der Waals surface area contributed by atoms with Crippen molar-refractivity contribution in [3.63, 3.8) is 0 Å². The summed E-state index contributed by atoms with van der Waals surface area (Å²) in [6.45, 7) is 2.76. The molecule has 1 fully saturated rings. The Labute approximate surface area is 107 Å². The van der Waals surface area contributed by atoms with Gasteiger partial charge in [-0.1, -0.05) is 19.1 Å². The van der Waals surface area contributed by atoms with Gasteiger partial charge in [0.25, 0.3) is 0 Å². The van der Waals surface area contributed by atoms with Gasteiger partial charge in [0.1, 0.15) is 5.75 Å². The molecule has 1 aromatic carbocycles. The van der Waals surface area contributed by atoms with Crippen molar-refractivity contribution in [2.24, 2.45) is 11.8 Å². The minimum absolute atomic E-state index is 0.0931. The van der Waals surface area contributed by atoms with Gasteiger partial charge in [-0.15, -0.1) is 0 Å². The van der Waals surface area contributed by atoms with E-state index < -0.39 is 0 Å². The van der Waals surface area contributed by atoms with Crippen molar-refractivity contribution in [3.8, 4) is 5.75 Å². The number of fused-ring (bicyclic) bond motifs is 1. The van der Waals surface area contributed by atoms with Crippen molar-refractivity contribution in [2.75, 3.05) is 11.4 Å². The van der Waals surface area contributed by atoms with Crippen molar-refractivity contribution in [3.05, 3.63) is 23.8 Å². The maximum Gasteiger partial charge on any atom is 0.230 e. The number of amides is 1. The Morgan fingerprint density at radius 2 is 2.22 bits per heavy atom. The molecular formula is C15H19NO2. The molecule has 0 saturated heterocycles. The van der Waals surface area contributed by atoms with Gasteiger partial charge in [-0.3, -0.25) is 4.79 Å². The van der Waals surface area contributed by atoms with Crippen molar-refractivity contribution in [1.82, 2.24) is 0 Å². The van der Waals surface area contributed by atoms with Gasteiger partial charge in [0.2, 0.25) is 5.91 Å². The van der Waals surface area contributed by atoms with Crippen LogP contribution in [0, 0.1) is 11.8 Å². The van der Waals surface area contributed by atoms with E-state index in [9.17, 15) is 9.90 Å². The third kappa shape index (κ3) is 1.88. The summed E-state index contributed by atoms with van der Waals surface area (Å²) in [5.74, 6) is 1.08. The number of phenols is 1. The molecule has 0 radical (unpaired) electrons. The predicted molar refractivity (Wildman–Crippen MR) is 70.7 cm³/mol. The lowest BCUT2D eigenvalue weighted by Gasteiger charge is -2.32. The number of nitrogens with zero attached hydrogens (tertiary/aromatic N) is 1. The predicted octanol–water partition coefficient (Wildman–Crippen LogP) is 2.72. The number of carbonyl (C=O) groups is 1. The maximum absolute atomic E-state index is 12.5. The van der Waals surface area contributed by atoms with Crippen LogP contribution >= 0.6 is 0 Å². The minimum atomic E-state index is 0.0931. The zero-order valence-corrected chi connectivity index (χ0v) is 10.7. The van der Waals surface area contributed by atoms with Gasteiger partial charge in [0.15, 0.2) is 0 Å². The Morgan fingerprint density at radius 1 is 1.44 bits per heavy atom. The summed E-state index contributed by atoms with van der Waals surface area (Å²) < 4.78 is 0. The fourth-order valence-electron chi connectivity index (χ4n) is 2.89. The second-order valence-electron chi connectivity index (χ2n) is 5.50. The lowest BCUT2D eigenvalue weighted by atomic mass is 9.97. The van der Waals surface area contributed by atoms with Crippen LogP contribution in [0.25, 0.3) is 0 Å². The van der Waals surface area contributed by atoms with Crippen LogP contribution in [0.15, 0.2) is 18.2 Å². The molecular weight excluding hydrogens is 226 g/mol. The van der Waals surface area contributed by atoms with Crippen LogP contribution in [0.1, 0.15) is 31.7 Å². The van der Waals surface area contributed by atoms with Gasteiger partial charge < -0.3 is 10.0 Å². The third-order valence-corrected chi connectivity index (χ3v) is 4.18. The molecule has 1 atom stereocenters. The van der Waals surface area contributed by atoms with Crippen LogP contribution < -0.4 is 4.90 Å². The van der Waals surface area contributed by atoms with Crippen LogP contribution in [0.4, 0.5) is 5.69 Å². The van der Waals surface area contributed by atoms with E-state index >= 15 is 0 Å². The van der Waals surface area contributed by atoms with Crippen molar-refractivity contribution < 1.29 is 9.90 Å². The smallest absolute Gasteiger partial charge is 0.230 e. The van der Waals surface area contributed by atoms with E-state index in [1.165, 1.54) is 12.8 Å². The Morgan fingerprint density at radius 3 is 2.94 bits per heavy atom. The molecule has 18 heavy (non-hydrogen) atoms. The monoisotopic (exact) mass is 245 g/mol. The molecule has 0 spiro atoms. The summed E-state index contributed by atoms with van der Waals surface area (Å²) in [5.41, 5.74) is 1.85. The van der Waals surface area contributed by atoms with Gasteiger partial charge in [-0.25, -0.2) is 0 Å². The van der Waals surface area contributed by atoms with E-state index in [0.29, 0.717) is 5.92 Å². The fourth-order valence-corrected chi connectivity index (χ4v) is 2.89. The molecule has 3 rings (SSSR count). The number of hydrogen-bond acceptors (Lipinski definition) is 2. The second-order valence-corrected chi connectivity index (χ2v) is 5.50. The van der Waals surface area contributed by atoms with Crippen LogP contribution in [0.3, 0.4) is 0 Å². The lowest BCUT2D eigenvalue weighted by molar-refractivity contribution is -0.122. The zero-order chi connectivity index (χ0) is 12.7. The molecule has 96 valence electrons. The van der Waals surface area contributed by atoms with Crippen molar-refractivity contribution >= 4 is 11.6 Å². The Balaban J connectivity index is 1.92. The van der Waals surface area contributed by atoms with Crippen LogP contribution in [0.5, 0.6) is 5.75 Å². The Hall–Kier alpha value is -1.51. The molecule has 1 unspecified atom stereocenters. The maximum atomic E-state index is 12.5. The molecule has 1 aromatic rings. The van der Waals surface area contributed by atoms with Crippen molar-refractivity contribution in [1.29, 1.82) is 0 Å². The number of aryl methyl sites for hydroxylation is 1. The van der Waals surface area contributed by atoms with Gasteiger partial charge in [0.05, 0.1) is 5.69 Å². The first kappa shape index (κ1) is 11.6. The SMILES string of the molecule is CC(C(=O)N1CCCc2cccc(O)c21)C1CC1. The number of anilines is 1. The molecule has 1 N–H and O–H groups in total. The standard InChI is InChI=1S/C15H19NO2/c1-10(11-7-8-11)15(18)16-9-3-5-12-4-2-6-13(17)14(12)16/h2,4,6,10-11,17H,3,5,7-9H2,1H3. The number of hydrogen-bond donors (Lipinski definition) is 1. The quantitative estimate of drug-likeness (QED) is 0.870. The van der Waals surface area contributed by atoms with E-state index in [-0.39, 0.29) is 17.6 Å². The molecule has 3 heteroatoms. The van der Waals surface area contributed by atoms with E-state index in [2.05, 4.69) is 0 Å². The Kier molecular flexibility index (Phi) is 2.77. The number of benzene rings is 1. The number of aromatic hydroxyl groups is 1. The third-order valence-electron chi connectivity index (χ3n) is 4.18. The molecule has 1 aliphatic carbocycles. The lowest BCUT2D eigenvalue weighted by Crippen LogP contribution is -2.39. The molecule has 2 aliphatic rings.